The predicted molar refractivity (Wildman–Crippen MR) is 128 cm³/mol. The molecule has 4 rings (SSSR count). The Balaban J connectivity index is 1.33. The van der Waals surface area contributed by atoms with Crippen LogP contribution in [0.2, 0.25) is 0 Å². The van der Waals surface area contributed by atoms with Crippen LogP contribution in [0.1, 0.15) is 25.1 Å². The van der Waals surface area contributed by atoms with E-state index in [-0.39, 0.29) is 11.0 Å². The fraction of sp³-hybridized carbons (Fsp3) is 0.400. The number of nitrogens with one attached hydrogen (secondary N) is 1. The van der Waals surface area contributed by atoms with Gasteiger partial charge in [-0.3, -0.25) is 19.1 Å². The van der Waals surface area contributed by atoms with Gasteiger partial charge in [0.25, 0.3) is 5.56 Å². The molecule has 0 bridgehead atoms. The van der Waals surface area contributed by atoms with Gasteiger partial charge in [-0.25, -0.2) is 4.98 Å². The number of aromatic nitrogens is 2. The van der Waals surface area contributed by atoms with Crippen molar-refractivity contribution >= 4 is 22.6 Å². The molecule has 0 spiro atoms. The first-order valence-corrected chi connectivity index (χ1v) is 11.6. The number of rotatable bonds is 7. The van der Waals surface area contributed by atoms with E-state index in [1.54, 1.807) is 6.07 Å². The Morgan fingerprint density at radius 2 is 1.69 bits per heavy atom. The molecule has 7 nitrogen and oxygen atoms in total. The van der Waals surface area contributed by atoms with Crippen molar-refractivity contribution in [1.82, 2.24) is 19.8 Å². The largest absolute Gasteiger partial charge is 0.438 e. The Hall–Kier alpha value is -3.40. The first-order chi connectivity index (χ1) is 16.8. The Morgan fingerprint density at radius 1 is 1.03 bits per heavy atom. The second kappa shape index (κ2) is 10.5. The molecular formula is C25H28F3N5O2. The van der Waals surface area contributed by atoms with Crippen molar-refractivity contribution in [1.29, 1.82) is 0 Å². The van der Waals surface area contributed by atoms with Crippen molar-refractivity contribution in [3.63, 3.8) is 0 Å². The lowest BCUT2D eigenvalue weighted by Gasteiger charge is -2.36. The van der Waals surface area contributed by atoms with E-state index in [0.29, 0.717) is 13.0 Å². The zero-order chi connectivity index (χ0) is 25.0. The van der Waals surface area contributed by atoms with Crippen LogP contribution in [-0.4, -0.2) is 59.6 Å². The number of hydrogen-bond acceptors (Lipinski definition) is 5. The summed E-state index contributed by atoms with van der Waals surface area (Å²) in [4.78, 5) is 33.6. The minimum atomic E-state index is -4.91. The average Bonchev–Trinajstić information content (AvgIpc) is 2.86. The van der Waals surface area contributed by atoms with Crippen molar-refractivity contribution in [2.24, 2.45) is 0 Å². The third-order valence-electron chi connectivity index (χ3n) is 6.27. The number of halogens is 3. The first kappa shape index (κ1) is 24.7. The number of nitrogens with zero attached hydrogens (tertiary/aromatic N) is 4. The van der Waals surface area contributed by atoms with Crippen LogP contribution >= 0.6 is 0 Å². The zero-order valence-electron chi connectivity index (χ0n) is 19.5. The Bertz CT molecular complexity index is 1220. The van der Waals surface area contributed by atoms with E-state index in [4.69, 9.17) is 0 Å². The van der Waals surface area contributed by atoms with Crippen LogP contribution in [0, 0.1) is 0 Å². The molecule has 35 heavy (non-hydrogen) atoms. The van der Waals surface area contributed by atoms with Gasteiger partial charge in [-0.05, 0) is 44.2 Å². The van der Waals surface area contributed by atoms with E-state index in [0.717, 1.165) is 37.3 Å². The zero-order valence-corrected chi connectivity index (χ0v) is 19.5. The van der Waals surface area contributed by atoms with Gasteiger partial charge in [-0.1, -0.05) is 30.3 Å². The molecule has 3 aromatic rings. The van der Waals surface area contributed by atoms with Gasteiger partial charge >= 0.3 is 6.18 Å². The Morgan fingerprint density at radius 3 is 2.37 bits per heavy atom. The summed E-state index contributed by atoms with van der Waals surface area (Å²) in [5, 5.41) is 2.77. The molecular weight excluding hydrogens is 459 g/mol. The van der Waals surface area contributed by atoms with E-state index in [1.807, 2.05) is 18.2 Å². The SMILES string of the molecule is CC(C(=O)NCCCN1CCN(c2ccccc2)CC1)n1c(=O)c(C(F)(F)F)nc2ccccc21. The molecule has 1 aliphatic rings. The van der Waals surface area contributed by atoms with Gasteiger partial charge in [0.05, 0.1) is 11.0 Å². The first-order valence-electron chi connectivity index (χ1n) is 11.6. The van der Waals surface area contributed by atoms with Crippen molar-refractivity contribution in [3.05, 3.63) is 70.6 Å². The summed E-state index contributed by atoms with van der Waals surface area (Å²) in [6, 6.07) is 15.1. The minimum absolute atomic E-state index is 0.00807. The molecule has 1 N–H and O–H groups in total. The highest BCUT2D eigenvalue weighted by Crippen LogP contribution is 2.27. The van der Waals surface area contributed by atoms with Crippen LogP contribution in [0.3, 0.4) is 0 Å². The monoisotopic (exact) mass is 487 g/mol. The van der Waals surface area contributed by atoms with Crippen LogP contribution in [-0.2, 0) is 11.0 Å². The van der Waals surface area contributed by atoms with E-state index in [9.17, 15) is 22.8 Å². The van der Waals surface area contributed by atoms with E-state index in [2.05, 4.69) is 32.2 Å². The van der Waals surface area contributed by atoms with Gasteiger partial charge in [0.1, 0.15) is 6.04 Å². The highest BCUT2D eigenvalue weighted by molar-refractivity contribution is 5.83. The molecule has 1 saturated heterocycles. The maximum atomic E-state index is 13.4. The molecule has 1 aliphatic heterocycles. The van der Waals surface area contributed by atoms with Crippen LogP contribution in [0.15, 0.2) is 59.4 Å². The number of carbonyl (C=O) groups excluding carboxylic acids is 1. The second-order valence-corrected chi connectivity index (χ2v) is 8.61. The maximum absolute atomic E-state index is 13.4. The van der Waals surface area contributed by atoms with Gasteiger partial charge in [-0.2, -0.15) is 13.2 Å². The molecule has 0 saturated carbocycles. The van der Waals surface area contributed by atoms with Crippen molar-refractivity contribution in [2.75, 3.05) is 44.2 Å². The molecule has 0 aliphatic carbocycles. The van der Waals surface area contributed by atoms with Crippen LogP contribution < -0.4 is 15.8 Å². The minimum Gasteiger partial charge on any atom is -0.369 e. The third kappa shape index (κ3) is 5.64. The molecule has 186 valence electrons. The maximum Gasteiger partial charge on any atom is 0.438 e. The average molecular weight is 488 g/mol. The molecule has 0 radical (unpaired) electrons. The predicted octanol–water partition coefficient (Wildman–Crippen LogP) is 3.30. The summed E-state index contributed by atoms with van der Waals surface area (Å²) in [5.74, 6) is -0.509. The highest BCUT2D eigenvalue weighted by atomic mass is 19.4. The topological polar surface area (TPSA) is 70.5 Å². The smallest absolute Gasteiger partial charge is 0.369 e. The Labute approximate surface area is 201 Å². The molecule has 2 aromatic carbocycles. The molecule has 2 heterocycles. The molecule has 1 unspecified atom stereocenters. The number of para-hydroxylation sites is 3. The number of amides is 1. The molecule has 10 heteroatoms. The standard InChI is InChI=1S/C25H28F3N5O2/c1-18(33-21-11-6-5-10-20(21)30-22(24(33)35)25(26,27)28)23(34)29-12-7-13-31-14-16-32(17-15-31)19-8-3-2-4-9-19/h2-6,8-11,18H,7,12-17H2,1H3,(H,29,34). The van der Waals surface area contributed by atoms with E-state index in [1.165, 1.54) is 30.8 Å². The number of benzene rings is 2. The molecule has 1 fully saturated rings. The number of fused-ring (bicyclic) bond motifs is 1. The lowest BCUT2D eigenvalue weighted by molar-refractivity contribution is -0.142. The summed E-state index contributed by atoms with van der Waals surface area (Å²) < 4.78 is 41.0. The summed E-state index contributed by atoms with van der Waals surface area (Å²) >= 11 is 0. The third-order valence-corrected chi connectivity index (χ3v) is 6.27. The van der Waals surface area contributed by atoms with E-state index < -0.39 is 29.4 Å². The highest BCUT2D eigenvalue weighted by Gasteiger charge is 2.38. The number of carbonyl (C=O) groups is 1. The summed E-state index contributed by atoms with van der Waals surface area (Å²) in [7, 11) is 0. The fourth-order valence-electron chi connectivity index (χ4n) is 4.37. The summed E-state index contributed by atoms with van der Waals surface area (Å²) in [6.45, 7) is 6.27. The summed E-state index contributed by atoms with van der Waals surface area (Å²) in [5.41, 5.74) is -1.44. The quantitative estimate of drug-likeness (QED) is 0.518. The molecule has 1 atom stereocenters. The lowest BCUT2D eigenvalue weighted by atomic mass is 10.2. The number of anilines is 1. The van der Waals surface area contributed by atoms with Gasteiger partial charge in [-0.15, -0.1) is 0 Å². The van der Waals surface area contributed by atoms with Crippen LogP contribution in [0.25, 0.3) is 11.0 Å². The normalized spacial score (nSPS) is 15.8. The number of piperazine rings is 1. The van der Waals surface area contributed by atoms with Crippen LogP contribution in [0.4, 0.5) is 18.9 Å². The number of alkyl halides is 3. The van der Waals surface area contributed by atoms with Gasteiger partial charge in [0.15, 0.2) is 0 Å². The van der Waals surface area contributed by atoms with Gasteiger partial charge in [0, 0.05) is 38.4 Å². The van der Waals surface area contributed by atoms with Crippen molar-refractivity contribution in [3.8, 4) is 0 Å². The Kier molecular flexibility index (Phi) is 7.39. The van der Waals surface area contributed by atoms with Gasteiger partial charge in [0.2, 0.25) is 11.6 Å². The fourth-order valence-corrected chi connectivity index (χ4v) is 4.37. The molecule has 1 amide bonds. The van der Waals surface area contributed by atoms with Crippen LogP contribution in [0.5, 0.6) is 0 Å². The van der Waals surface area contributed by atoms with Crippen molar-refractivity contribution in [2.45, 2.75) is 25.6 Å². The van der Waals surface area contributed by atoms with Gasteiger partial charge < -0.3 is 10.2 Å². The van der Waals surface area contributed by atoms with Crippen molar-refractivity contribution < 1.29 is 18.0 Å². The summed E-state index contributed by atoms with van der Waals surface area (Å²) in [6.07, 6.45) is -4.22. The lowest BCUT2D eigenvalue weighted by Crippen LogP contribution is -2.47. The van der Waals surface area contributed by atoms with E-state index >= 15 is 0 Å². The number of hydrogen-bond donors (Lipinski definition) is 1. The molecule has 1 aromatic heterocycles. The second-order valence-electron chi connectivity index (χ2n) is 8.61.